The van der Waals surface area contributed by atoms with Crippen LogP contribution in [0.5, 0.6) is 0 Å². The Morgan fingerprint density at radius 2 is 1.73 bits per heavy atom. The van der Waals surface area contributed by atoms with Crippen LogP contribution in [0.3, 0.4) is 0 Å². The summed E-state index contributed by atoms with van der Waals surface area (Å²) in [6.45, 7) is -0.604. The third-order valence-electron chi connectivity index (χ3n) is 4.02. The Morgan fingerprint density at radius 3 is 2.27 bits per heavy atom. The molecule has 1 heterocycles. The quantitative estimate of drug-likeness (QED) is 0.629. The SMILES string of the molecule is COC(=O)CN(CC(=O)OC)C(=O)[C@@H]1CC(=O)N(c2ccccc2Br)C1. The molecule has 0 aromatic heterocycles. The maximum Gasteiger partial charge on any atom is 0.325 e. The van der Waals surface area contributed by atoms with Crippen molar-refractivity contribution in [3.05, 3.63) is 28.7 Å². The van der Waals surface area contributed by atoms with Gasteiger partial charge in [0, 0.05) is 17.4 Å². The van der Waals surface area contributed by atoms with E-state index in [1.54, 1.807) is 18.2 Å². The van der Waals surface area contributed by atoms with Gasteiger partial charge in [0.15, 0.2) is 0 Å². The first-order valence-corrected chi connectivity index (χ1v) is 8.64. The predicted octanol–water partition coefficient (Wildman–Crippen LogP) is 0.977. The molecule has 0 aliphatic carbocycles. The Morgan fingerprint density at radius 1 is 1.15 bits per heavy atom. The number of amides is 2. The van der Waals surface area contributed by atoms with E-state index in [9.17, 15) is 19.2 Å². The van der Waals surface area contributed by atoms with E-state index in [0.29, 0.717) is 5.69 Å². The summed E-state index contributed by atoms with van der Waals surface area (Å²) >= 11 is 3.39. The van der Waals surface area contributed by atoms with E-state index in [2.05, 4.69) is 25.4 Å². The number of para-hydroxylation sites is 1. The van der Waals surface area contributed by atoms with Crippen LogP contribution in [0.15, 0.2) is 28.7 Å². The van der Waals surface area contributed by atoms with Gasteiger partial charge in [0.2, 0.25) is 11.8 Å². The Hall–Kier alpha value is -2.42. The van der Waals surface area contributed by atoms with Gasteiger partial charge in [-0.05, 0) is 28.1 Å². The van der Waals surface area contributed by atoms with Gasteiger partial charge in [0.05, 0.1) is 25.8 Å². The zero-order chi connectivity index (χ0) is 19.3. The summed E-state index contributed by atoms with van der Waals surface area (Å²) in [6.07, 6.45) is -0.000979. The largest absolute Gasteiger partial charge is 0.468 e. The third kappa shape index (κ3) is 4.60. The molecule has 1 saturated heterocycles. The van der Waals surface area contributed by atoms with Crippen LogP contribution in [0.4, 0.5) is 5.69 Å². The van der Waals surface area contributed by atoms with E-state index < -0.39 is 23.8 Å². The van der Waals surface area contributed by atoms with Crippen LogP contribution in [0.1, 0.15) is 6.42 Å². The average Bonchev–Trinajstić information content (AvgIpc) is 3.02. The highest BCUT2D eigenvalue weighted by atomic mass is 79.9. The number of halogens is 1. The van der Waals surface area contributed by atoms with Crippen molar-refractivity contribution in [2.75, 3.05) is 38.8 Å². The number of hydrogen-bond acceptors (Lipinski definition) is 6. The van der Waals surface area contributed by atoms with Crippen LogP contribution < -0.4 is 4.90 Å². The molecule has 1 fully saturated rings. The molecule has 2 amide bonds. The van der Waals surface area contributed by atoms with Gasteiger partial charge in [0.25, 0.3) is 0 Å². The number of hydrogen-bond donors (Lipinski definition) is 0. The van der Waals surface area contributed by atoms with Crippen LogP contribution in [0.2, 0.25) is 0 Å². The van der Waals surface area contributed by atoms with E-state index in [-0.39, 0.29) is 32.0 Å². The number of rotatable bonds is 6. The fraction of sp³-hybridized carbons (Fsp3) is 0.412. The summed E-state index contributed by atoms with van der Waals surface area (Å²) in [5.41, 5.74) is 0.667. The lowest BCUT2D eigenvalue weighted by atomic mass is 10.1. The molecule has 8 nitrogen and oxygen atoms in total. The average molecular weight is 427 g/mol. The molecule has 1 aliphatic heterocycles. The summed E-state index contributed by atoms with van der Waals surface area (Å²) in [4.78, 5) is 50.8. The molecular weight excluding hydrogens is 408 g/mol. The van der Waals surface area contributed by atoms with Crippen molar-refractivity contribution in [3.63, 3.8) is 0 Å². The molecule has 140 valence electrons. The molecule has 0 saturated carbocycles. The maximum absolute atomic E-state index is 12.8. The van der Waals surface area contributed by atoms with Gasteiger partial charge in [-0.2, -0.15) is 0 Å². The molecule has 0 N–H and O–H groups in total. The summed E-state index contributed by atoms with van der Waals surface area (Å²) in [5.74, 6) is -2.65. The summed E-state index contributed by atoms with van der Waals surface area (Å²) in [6, 6.07) is 7.20. The van der Waals surface area contributed by atoms with Crippen molar-refractivity contribution < 1.29 is 28.7 Å². The highest BCUT2D eigenvalue weighted by molar-refractivity contribution is 9.10. The molecule has 1 atom stereocenters. The Balaban J connectivity index is 2.16. The first-order valence-electron chi connectivity index (χ1n) is 7.84. The molecule has 1 aromatic rings. The van der Waals surface area contributed by atoms with Crippen LogP contribution >= 0.6 is 15.9 Å². The van der Waals surface area contributed by atoms with E-state index in [1.165, 1.54) is 19.1 Å². The second kappa shape index (κ2) is 8.79. The van der Waals surface area contributed by atoms with Gasteiger partial charge in [0.1, 0.15) is 13.1 Å². The molecule has 26 heavy (non-hydrogen) atoms. The van der Waals surface area contributed by atoms with Crippen LogP contribution in [0, 0.1) is 5.92 Å². The Kier molecular flexibility index (Phi) is 6.73. The van der Waals surface area contributed by atoms with Gasteiger partial charge in [-0.15, -0.1) is 0 Å². The fourth-order valence-corrected chi connectivity index (χ4v) is 3.19. The zero-order valence-electron chi connectivity index (χ0n) is 14.4. The first kappa shape index (κ1) is 19.9. The molecular formula is C17H19BrN2O6. The van der Waals surface area contributed by atoms with E-state index in [1.807, 2.05) is 6.07 Å². The number of carbonyl (C=O) groups excluding carboxylic acids is 4. The van der Waals surface area contributed by atoms with Gasteiger partial charge in [-0.25, -0.2) is 0 Å². The van der Waals surface area contributed by atoms with Crippen molar-refractivity contribution in [2.45, 2.75) is 6.42 Å². The van der Waals surface area contributed by atoms with Gasteiger partial charge in [-0.1, -0.05) is 12.1 Å². The van der Waals surface area contributed by atoms with Crippen molar-refractivity contribution in [1.82, 2.24) is 4.90 Å². The lowest BCUT2D eigenvalue weighted by Gasteiger charge is -2.23. The molecule has 1 aromatic carbocycles. The maximum atomic E-state index is 12.8. The molecule has 0 unspecified atom stereocenters. The van der Waals surface area contributed by atoms with Gasteiger partial charge in [-0.3, -0.25) is 19.2 Å². The predicted molar refractivity (Wildman–Crippen MR) is 95.2 cm³/mol. The monoisotopic (exact) mass is 426 g/mol. The number of anilines is 1. The topological polar surface area (TPSA) is 93.2 Å². The first-order chi connectivity index (χ1) is 12.4. The van der Waals surface area contributed by atoms with Crippen molar-refractivity contribution in [2.24, 2.45) is 5.92 Å². The van der Waals surface area contributed by atoms with Gasteiger partial charge >= 0.3 is 11.9 Å². The Labute approximate surface area is 159 Å². The highest BCUT2D eigenvalue weighted by Crippen LogP contribution is 2.31. The smallest absolute Gasteiger partial charge is 0.325 e. The second-order valence-corrected chi connectivity index (χ2v) is 6.56. The molecule has 0 spiro atoms. The zero-order valence-corrected chi connectivity index (χ0v) is 16.0. The van der Waals surface area contributed by atoms with Crippen molar-refractivity contribution in [3.8, 4) is 0 Å². The number of ether oxygens (including phenoxy) is 2. The van der Waals surface area contributed by atoms with E-state index in [0.717, 1.165) is 9.37 Å². The number of esters is 2. The molecule has 9 heteroatoms. The molecule has 1 aliphatic rings. The standard InChI is InChI=1S/C17H19BrN2O6/c1-25-15(22)9-19(10-16(23)26-2)17(24)11-7-14(21)20(8-11)13-6-4-3-5-12(13)18/h3-6,11H,7-10H2,1-2H3/t11-/m1/s1. The molecule has 2 rings (SSSR count). The molecule has 0 radical (unpaired) electrons. The Bertz CT molecular complexity index is 705. The van der Waals surface area contributed by atoms with E-state index in [4.69, 9.17) is 0 Å². The highest BCUT2D eigenvalue weighted by Gasteiger charge is 2.38. The number of benzene rings is 1. The summed E-state index contributed by atoms with van der Waals surface area (Å²) in [5, 5.41) is 0. The van der Waals surface area contributed by atoms with Crippen LogP contribution in [-0.2, 0) is 28.7 Å². The normalized spacial score (nSPS) is 16.3. The minimum absolute atomic E-state index is 0.000979. The third-order valence-corrected chi connectivity index (χ3v) is 4.70. The molecule has 0 bridgehead atoms. The van der Waals surface area contributed by atoms with E-state index >= 15 is 0 Å². The van der Waals surface area contributed by atoms with Crippen LogP contribution in [0.25, 0.3) is 0 Å². The van der Waals surface area contributed by atoms with Crippen molar-refractivity contribution in [1.29, 1.82) is 0 Å². The second-order valence-electron chi connectivity index (χ2n) is 5.70. The van der Waals surface area contributed by atoms with Gasteiger partial charge < -0.3 is 19.3 Å². The number of carbonyl (C=O) groups is 4. The lowest BCUT2D eigenvalue weighted by Crippen LogP contribution is -2.44. The number of methoxy groups -OCH3 is 2. The minimum atomic E-state index is -0.663. The number of nitrogens with zero attached hydrogens (tertiary/aromatic N) is 2. The van der Waals surface area contributed by atoms with Crippen LogP contribution in [-0.4, -0.2) is 62.5 Å². The fourth-order valence-electron chi connectivity index (χ4n) is 2.69. The lowest BCUT2D eigenvalue weighted by molar-refractivity contribution is -0.153. The minimum Gasteiger partial charge on any atom is -0.468 e. The van der Waals surface area contributed by atoms with Crippen molar-refractivity contribution >= 4 is 45.4 Å². The summed E-state index contributed by atoms with van der Waals surface area (Å²) in [7, 11) is 2.38. The summed E-state index contributed by atoms with van der Waals surface area (Å²) < 4.78 is 9.87.